The van der Waals surface area contributed by atoms with Crippen LogP contribution in [0.25, 0.3) is 23.1 Å². The lowest BCUT2D eigenvalue weighted by atomic mass is 10.1. The van der Waals surface area contributed by atoms with Crippen molar-refractivity contribution in [1.82, 2.24) is 4.98 Å². The molecule has 1 aliphatic heterocycles. The Morgan fingerprint density at radius 2 is 1.72 bits per heavy atom. The average Bonchev–Trinajstić information content (AvgIpc) is 2.68. The first-order valence-corrected chi connectivity index (χ1v) is 8.49. The number of para-hydroxylation sites is 1. The summed E-state index contributed by atoms with van der Waals surface area (Å²) in [5, 5.41) is 10.9. The maximum Gasteiger partial charge on any atom is 0.141 e. The van der Waals surface area contributed by atoms with E-state index in [1.807, 2.05) is 36.4 Å². The van der Waals surface area contributed by atoms with E-state index in [0.717, 1.165) is 42.9 Å². The number of benzene rings is 2. The maximum atomic E-state index is 9.94. The first kappa shape index (κ1) is 15.7. The monoisotopic (exact) mass is 332 g/mol. The molecule has 4 nitrogen and oxygen atoms in total. The summed E-state index contributed by atoms with van der Waals surface area (Å²) in [6.07, 6.45) is 4.01. The Labute approximate surface area is 147 Å². The molecule has 3 aromatic rings. The molecular formula is C21H20N2O2. The number of aromatic hydroxyl groups is 1. The highest BCUT2D eigenvalue weighted by molar-refractivity contribution is 5.85. The van der Waals surface area contributed by atoms with Crippen LogP contribution in [-0.4, -0.2) is 36.4 Å². The number of aromatic nitrogens is 1. The lowest BCUT2D eigenvalue weighted by molar-refractivity contribution is 0.122. The third-order valence-electron chi connectivity index (χ3n) is 4.44. The van der Waals surface area contributed by atoms with Crippen molar-refractivity contribution >= 4 is 28.7 Å². The van der Waals surface area contributed by atoms with Crippen LogP contribution in [0.5, 0.6) is 5.75 Å². The molecule has 0 bridgehead atoms. The number of hydrogen-bond donors (Lipinski definition) is 1. The third kappa shape index (κ3) is 3.49. The van der Waals surface area contributed by atoms with Crippen LogP contribution in [0, 0.1) is 0 Å². The number of fused-ring (bicyclic) bond motifs is 1. The predicted octanol–water partition coefficient (Wildman–Crippen LogP) is 3.95. The fourth-order valence-corrected chi connectivity index (χ4v) is 3.04. The first-order valence-electron chi connectivity index (χ1n) is 8.49. The van der Waals surface area contributed by atoms with E-state index in [2.05, 4.69) is 34.1 Å². The van der Waals surface area contributed by atoms with Gasteiger partial charge in [-0.25, -0.2) is 4.98 Å². The Morgan fingerprint density at radius 1 is 0.920 bits per heavy atom. The molecule has 1 saturated heterocycles. The number of phenolic OH excluding ortho intramolecular Hbond substituents is 1. The van der Waals surface area contributed by atoms with Gasteiger partial charge in [0, 0.05) is 24.2 Å². The van der Waals surface area contributed by atoms with Gasteiger partial charge in [0.1, 0.15) is 11.3 Å². The molecule has 0 aliphatic carbocycles. The Balaban J connectivity index is 1.52. The lowest BCUT2D eigenvalue weighted by Crippen LogP contribution is -2.36. The summed E-state index contributed by atoms with van der Waals surface area (Å²) in [7, 11) is 0. The highest BCUT2D eigenvalue weighted by Gasteiger charge is 2.10. The molecule has 0 spiro atoms. The van der Waals surface area contributed by atoms with Gasteiger partial charge in [-0.3, -0.25) is 0 Å². The Hall–Kier alpha value is -2.85. The molecule has 0 radical (unpaired) electrons. The smallest absolute Gasteiger partial charge is 0.141 e. The summed E-state index contributed by atoms with van der Waals surface area (Å²) >= 11 is 0. The van der Waals surface area contributed by atoms with Gasteiger partial charge in [-0.05, 0) is 35.9 Å². The van der Waals surface area contributed by atoms with Gasteiger partial charge in [0.15, 0.2) is 0 Å². The molecule has 2 aromatic carbocycles. The summed E-state index contributed by atoms with van der Waals surface area (Å²) in [5.41, 5.74) is 3.81. The van der Waals surface area contributed by atoms with Crippen molar-refractivity contribution in [3.8, 4) is 5.75 Å². The molecule has 0 saturated carbocycles. The van der Waals surface area contributed by atoms with E-state index in [1.54, 1.807) is 6.07 Å². The summed E-state index contributed by atoms with van der Waals surface area (Å²) in [6.45, 7) is 3.48. The van der Waals surface area contributed by atoms with Crippen LogP contribution in [0.15, 0.2) is 54.6 Å². The van der Waals surface area contributed by atoms with E-state index in [1.165, 1.54) is 5.69 Å². The van der Waals surface area contributed by atoms with Gasteiger partial charge in [-0.1, -0.05) is 36.4 Å². The normalized spacial score (nSPS) is 15.1. The number of nitrogens with zero attached hydrogens (tertiary/aromatic N) is 2. The van der Waals surface area contributed by atoms with Crippen molar-refractivity contribution < 1.29 is 9.84 Å². The molecule has 0 unspecified atom stereocenters. The van der Waals surface area contributed by atoms with E-state index in [4.69, 9.17) is 4.74 Å². The zero-order valence-electron chi connectivity index (χ0n) is 13.9. The van der Waals surface area contributed by atoms with Gasteiger partial charge in [-0.2, -0.15) is 0 Å². The highest BCUT2D eigenvalue weighted by atomic mass is 16.5. The summed E-state index contributed by atoms with van der Waals surface area (Å²) in [5.74, 6) is 0.211. The molecule has 126 valence electrons. The van der Waals surface area contributed by atoms with Crippen molar-refractivity contribution in [3.05, 3.63) is 65.9 Å². The van der Waals surface area contributed by atoms with Crippen LogP contribution in [0.2, 0.25) is 0 Å². The minimum Gasteiger partial charge on any atom is -0.506 e. The quantitative estimate of drug-likeness (QED) is 0.789. The average molecular weight is 332 g/mol. The van der Waals surface area contributed by atoms with Gasteiger partial charge in [0.2, 0.25) is 0 Å². The second-order valence-corrected chi connectivity index (χ2v) is 6.11. The Morgan fingerprint density at radius 3 is 2.52 bits per heavy atom. The Bertz CT molecular complexity index is 897. The maximum absolute atomic E-state index is 9.94. The van der Waals surface area contributed by atoms with E-state index in [-0.39, 0.29) is 5.75 Å². The van der Waals surface area contributed by atoms with E-state index in [9.17, 15) is 5.11 Å². The Kier molecular flexibility index (Phi) is 4.36. The highest BCUT2D eigenvalue weighted by Crippen LogP contribution is 2.23. The second-order valence-electron chi connectivity index (χ2n) is 6.11. The van der Waals surface area contributed by atoms with Crippen LogP contribution in [-0.2, 0) is 4.74 Å². The van der Waals surface area contributed by atoms with E-state index in [0.29, 0.717) is 5.52 Å². The molecule has 2 heterocycles. The van der Waals surface area contributed by atoms with Crippen LogP contribution < -0.4 is 4.90 Å². The van der Waals surface area contributed by atoms with E-state index >= 15 is 0 Å². The molecule has 0 atom stereocenters. The molecule has 4 rings (SSSR count). The summed E-state index contributed by atoms with van der Waals surface area (Å²) in [6, 6.07) is 17.9. The lowest BCUT2D eigenvalue weighted by Gasteiger charge is -2.28. The fraction of sp³-hybridized carbons (Fsp3) is 0.190. The number of ether oxygens (including phenoxy) is 1. The number of hydrogen-bond acceptors (Lipinski definition) is 4. The number of pyridine rings is 1. The second kappa shape index (κ2) is 6.95. The van der Waals surface area contributed by atoms with Crippen LogP contribution in [0.4, 0.5) is 5.69 Å². The SMILES string of the molecule is Oc1cccc2ccc(C=Cc3ccc(N4CCOCC4)cc3)nc12. The number of phenols is 1. The molecule has 0 amide bonds. The van der Waals surface area contributed by atoms with E-state index < -0.39 is 0 Å². The molecular weight excluding hydrogens is 312 g/mol. The number of anilines is 1. The summed E-state index contributed by atoms with van der Waals surface area (Å²) in [4.78, 5) is 6.86. The zero-order chi connectivity index (χ0) is 17.1. The van der Waals surface area contributed by atoms with Crippen LogP contribution in [0.3, 0.4) is 0 Å². The zero-order valence-corrected chi connectivity index (χ0v) is 13.9. The molecule has 1 fully saturated rings. The minimum atomic E-state index is 0.211. The standard InChI is InChI=1S/C21H20N2O2/c24-20-3-1-2-17-7-9-18(22-21(17)20)8-4-16-5-10-19(11-6-16)23-12-14-25-15-13-23/h1-11,24H,12-15H2. The van der Waals surface area contributed by atoms with Gasteiger partial charge >= 0.3 is 0 Å². The van der Waals surface area contributed by atoms with Crippen LogP contribution >= 0.6 is 0 Å². The molecule has 1 aromatic heterocycles. The van der Waals surface area contributed by atoms with Gasteiger partial charge in [0.25, 0.3) is 0 Å². The van der Waals surface area contributed by atoms with Gasteiger partial charge in [-0.15, -0.1) is 0 Å². The molecule has 4 heteroatoms. The number of rotatable bonds is 3. The third-order valence-corrected chi connectivity index (χ3v) is 4.44. The van der Waals surface area contributed by atoms with Crippen LogP contribution in [0.1, 0.15) is 11.3 Å². The van der Waals surface area contributed by atoms with Crippen molar-refractivity contribution in [2.24, 2.45) is 0 Å². The van der Waals surface area contributed by atoms with Gasteiger partial charge in [0.05, 0.1) is 18.9 Å². The topological polar surface area (TPSA) is 45.6 Å². The van der Waals surface area contributed by atoms with Crippen molar-refractivity contribution in [2.75, 3.05) is 31.2 Å². The van der Waals surface area contributed by atoms with Gasteiger partial charge < -0.3 is 14.7 Å². The molecule has 1 N–H and O–H groups in total. The minimum absolute atomic E-state index is 0.211. The fourth-order valence-electron chi connectivity index (χ4n) is 3.04. The predicted molar refractivity (Wildman–Crippen MR) is 102 cm³/mol. The molecule has 25 heavy (non-hydrogen) atoms. The van der Waals surface area contributed by atoms with Crippen molar-refractivity contribution in [1.29, 1.82) is 0 Å². The summed E-state index contributed by atoms with van der Waals surface area (Å²) < 4.78 is 5.39. The number of morpholine rings is 1. The molecule has 1 aliphatic rings. The first-order chi connectivity index (χ1) is 12.3. The largest absolute Gasteiger partial charge is 0.506 e. The van der Waals surface area contributed by atoms with Crippen molar-refractivity contribution in [3.63, 3.8) is 0 Å². The van der Waals surface area contributed by atoms with Crippen molar-refractivity contribution in [2.45, 2.75) is 0 Å².